The number of hydrazone groups is 1. The number of halogens is 2. The van der Waals surface area contributed by atoms with Crippen LogP contribution < -0.4 is 25.9 Å². The minimum absolute atomic E-state index is 0.183. The molecule has 2 amide bonds. The van der Waals surface area contributed by atoms with Gasteiger partial charge in [0.2, 0.25) is 0 Å². The van der Waals surface area contributed by atoms with Gasteiger partial charge in [0.25, 0.3) is 11.8 Å². The highest BCUT2D eigenvalue weighted by atomic mass is 35.5. The van der Waals surface area contributed by atoms with Gasteiger partial charge in [-0.2, -0.15) is 5.10 Å². The van der Waals surface area contributed by atoms with Crippen LogP contribution in [0.4, 0.5) is 10.8 Å². The fourth-order valence-corrected chi connectivity index (χ4v) is 4.38. The van der Waals surface area contributed by atoms with E-state index in [-0.39, 0.29) is 23.1 Å². The summed E-state index contributed by atoms with van der Waals surface area (Å²) >= 11 is 13.6. The standard InChI is InChI=1S/C26H21Cl2N5O4S/c1-36-22-11-15(10-20(28)24(22)37-13-23(29)34)12-30-33-25(35)17-4-2-16(3-5-17)21-14-38-26(32-21)31-19-8-6-18(27)7-9-19/h2-12,14H,13H2,1H3,(H2,29,34)(H,31,32)(H,33,35)/b30-12-. The molecule has 1 heterocycles. The zero-order chi connectivity index (χ0) is 27.1. The number of carbonyl (C=O) groups excluding carboxylic acids is 2. The van der Waals surface area contributed by atoms with E-state index < -0.39 is 11.8 Å². The first-order chi connectivity index (χ1) is 18.3. The average molecular weight is 570 g/mol. The number of benzene rings is 3. The van der Waals surface area contributed by atoms with E-state index in [1.165, 1.54) is 24.7 Å². The summed E-state index contributed by atoms with van der Waals surface area (Å²) in [7, 11) is 1.43. The van der Waals surface area contributed by atoms with E-state index in [0.29, 0.717) is 16.1 Å². The van der Waals surface area contributed by atoms with Crippen LogP contribution in [0, 0.1) is 0 Å². The zero-order valence-electron chi connectivity index (χ0n) is 19.9. The van der Waals surface area contributed by atoms with Gasteiger partial charge in [0.15, 0.2) is 23.2 Å². The lowest BCUT2D eigenvalue weighted by atomic mass is 10.1. The summed E-state index contributed by atoms with van der Waals surface area (Å²) in [6.07, 6.45) is 1.41. The topological polar surface area (TPSA) is 128 Å². The second-order valence-electron chi connectivity index (χ2n) is 7.74. The first kappa shape index (κ1) is 26.9. The second-order valence-corrected chi connectivity index (χ2v) is 9.44. The van der Waals surface area contributed by atoms with Gasteiger partial charge in [-0.25, -0.2) is 10.4 Å². The molecule has 38 heavy (non-hydrogen) atoms. The van der Waals surface area contributed by atoms with Gasteiger partial charge in [-0.3, -0.25) is 9.59 Å². The summed E-state index contributed by atoms with van der Waals surface area (Å²) in [4.78, 5) is 28.1. The summed E-state index contributed by atoms with van der Waals surface area (Å²) in [6.45, 7) is -0.345. The maximum absolute atomic E-state index is 12.5. The van der Waals surface area contributed by atoms with Crippen molar-refractivity contribution < 1.29 is 19.1 Å². The van der Waals surface area contributed by atoms with E-state index in [1.54, 1.807) is 36.4 Å². The number of anilines is 2. The van der Waals surface area contributed by atoms with Crippen molar-refractivity contribution in [1.29, 1.82) is 0 Å². The summed E-state index contributed by atoms with van der Waals surface area (Å²) in [5, 5.41) is 10.8. The highest BCUT2D eigenvalue weighted by Gasteiger charge is 2.13. The van der Waals surface area contributed by atoms with Crippen LogP contribution in [0.1, 0.15) is 15.9 Å². The maximum atomic E-state index is 12.5. The molecule has 0 aliphatic rings. The molecule has 0 bridgehead atoms. The Kier molecular flexibility index (Phi) is 8.80. The number of nitrogens with one attached hydrogen (secondary N) is 2. The quantitative estimate of drug-likeness (QED) is 0.171. The van der Waals surface area contributed by atoms with Crippen molar-refractivity contribution in [2.45, 2.75) is 0 Å². The summed E-state index contributed by atoms with van der Waals surface area (Å²) in [5.41, 5.74) is 11.1. The summed E-state index contributed by atoms with van der Waals surface area (Å²) in [6, 6.07) is 17.5. The predicted octanol–water partition coefficient (Wildman–Crippen LogP) is 5.50. The predicted molar refractivity (Wildman–Crippen MR) is 150 cm³/mol. The van der Waals surface area contributed by atoms with Crippen molar-refractivity contribution in [3.8, 4) is 22.8 Å². The zero-order valence-corrected chi connectivity index (χ0v) is 22.2. The molecule has 4 N–H and O–H groups in total. The van der Waals surface area contributed by atoms with Crippen LogP contribution >= 0.6 is 34.5 Å². The molecule has 9 nitrogen and oxygen atoms in total. The Labute approximate surface area is 232 Å². The number of ether oxygens (including phenoxy) is 2. The van der Waals surface area contributed by atoms with Crippen molar-refractivity contribution in [1.82, 2.24) is 10.4 Å². The number of aromatic nitrogens is 1. The van der Waals surface area contributed by atoms with Gasteiger partial charge in [-0.15, -0.1) is 11.3 Å². The third-order valence-electron chi connectivity index (χ3n) is 5.03. The Morgan fingerprint density at radius 3 is 2.53 bits per heavy atom. The lowest BCUT2D eigenvalue weighted by molar-refractivity contribution is -0.119. The lowest BCUT2D eigenvalue weighted by Gasteiger charge is -2.12. The van der Waals surface area contributed by atoms with Crippen LogP contribution in [-0.2, 0) is 4.79 Å². The van der Waals surface area contributed by atoms with E-state index in [9.17, 15) is 9.59 Å². The fraction of sp³-hybridized carbons (Fsp3) is 0.0769. The molecule has 12 heteroatoms. The third kappa shape index (κ3) is 7.00. The van der Waals surface area contributed by atoms with Crippen molar-refractivity contribution >= 4 is 63.4 Å². The van der Waals surface area contributed by atoms with Crippen LogP contribution in [0.15, 0.2) is 71.1 Å². The third-order valence-corrected chi connectivity index (χ3v) is 6.32. The van der Waals surface area contributed by atoms with E-state index in [0.717, 1.165) is 22.1 Å². The van der Waals surface area contributed by atoms with Gasteiger partial charge in [0.1, 0.15) is 0 Å². The molecule has 0 fully saturated rings. The van der Waals surface area contributed by atoms with Crippen LogP contribution in [-0.4, -0.2) is 36.7 Å². The number of rotatable bonds is 10. The number of primary amides is 1. The number of hydrogen-bond donors (Lipinski definition) is 3. The minimum Gasteiger partial charge on any atom is -0.493 e. The number of amides is 2. The molecule has 0 unspecified atom stereocenters. The van der Waals surface area contributed by atoms with E-state index >= 15 is 0 Å². The largest absolute Gasteiger partial charge is 0.493 e. The SMILES string of the molecule is COc1cc(/C=N\NC(=O)c2ccc(-c3csc(Nc4ccc(Cl)cc4)n3)cc2)cc(Cl)c1OCC(N)=O. The second kappa shape index (κ2) is 12.4. The van der Waals surface area contributed by atoms with Crippen LogP contribution in [0.2, 0.25) is 10.0 Å². The molecule has 0 atom stereocenters. The number of carbonyl (C=O) groups is 2. The lowest BCUT2D eigenvalue weighted by Crippen LogP contribution is -2.20. The van der Waals surface area contributed by atoms with Crippen LogP contribution in [0.5, 0.6) is 11.5 Å². The molecule has 0 aliphatic heterocycles. The summed E-state index contributed by atoms with van der Waals surface area (Å²) < 4.78 is 10.5. The Morgan fingerprint density at radius 1 is 1.11 bits per heavy atom. The molecule has 4 rings (SSSR count). The van der Waals surface area contributed by atoms with Gasteiger partial charge < -0.3 is 20.5 Å². The smallest absolute Gasteiger partial charge is 0.271 e. The van der Waals surface area contributed by atoms with Crippen molar-refractivity contribution in [3.05, 3.63) is 87.2 Å². The highest BCUT2D eigenvalue weighted by molar-refractivity contribution is 7.14. The molecule has 3 aromatic carbocycles. The fourth-order valence-electron chi connectivity index (χ4n) is 3.24. The Bertz CT molecular complexity index is 1470. The minimum atomic E-state index is -0.646. The monoisotopic (exact) mass is 569 g/mol. The van der Waals surface area contributed by atoms with E-state index in [2.05, 4.69) is 20.8 Å². The van der Waals surface area contributed by atoms with Crippen LogP contribution in [0.3, 0.4) is 0 Å². The first-order valence-electron chi connectivity index (χ1n) is 11.0. The summed E-state index contributed by atoms with van der Waals surface area (Å²) in [5.74, 6) is -0.569. The molecule has 1 aromatic heterocycles. The molecular formula is C26H21Cl2N5O4S. The number of nitrogens with two attached hydrogens (primary N) is 1. The number of thiazole rings is 1. The molecular weight excluding hydrogens is 549 g/mol. The van der Waals surface area contributed by atoms with Crippen LogP contribution in [0.25, 0.3) is 11.3 Å². The molecule has 0 saturated carbocycles. The van der Waals surface area contributed by atoms with Gasteiger partial charge in [0.05, 0.1) is 24.0 Å². The molecule has 0 saturated heterocycles. The first-order valence-corrected chi connectivity index (χ1v) is 12.7. The van der Waals surface area contributed by atoms with Crippen molar-refractivity contribution in [2.75, 3.05) is 19.0 Å². The van der Waals surface area contributed by atoms with E-state index in [1.807, 2.05) is 29.6 Å². The van der Waals surface area contributed by atoms with Crippen molar-refractivity contribution in [3.63, 3.8) is 0 Å². The molecule has 0 aliphatic carbocycles. The number of methoxy groups -OCH3 is 1. The maximum Gasteiger partial charge on any atom is 0.271 e. The molecule has 0 radical (unpaired) electrons. The number of hydrogen-bond acceptors (Lipinski definition) is 8. The van der Waals surface area contributed by atoms with Crippen molar-refractivity contribution in [2.24, 2.45) is 10.8 Å². The normalized spacial score (nSPS) is 10.8. The van der Waals surface area contributed by atoms with Gasteiger partial charge in [-0.05, 0) is 54.1 Å². The van der Waals surface area contributed by atoms with Gasteiger partial charge >= 0.3 is 0 Å². The highest BCUT2D eigenvalue weighted by Crippen LogP contribution is 2.36. The van der Waals surface area contributed by atoms with Gasteiger partial charge in [0, 0.05) is 27.2 Å². The Morgan fingerprint density at radius 2 is 1.84 bits per heavy atom. The molecule has 4 aromatic rings. The Balaban J connectivity index is 1.37. The molecule has 0 spiro atoms. The molecule has 194 valence electrons. The average Bonchev–Trinajstić information content (AvgIpc) is 3.37. The number of nitrogens with zero attached hydrogens (tertiary/aromatic N) is 2. The van der Waals surface area contributed by atoms with E-state index in [4.69, 9.17) is 38.4 Å². The van der Waals surface area contributed by atoms with Gasteiger partial charge in [-0.1, -0.05) is 35.3 Å². The Hall–Kier alpha value is -4.12.